The van der Waals surface area contributed by atoms with Crippen LogP contribution >= 0.6 is 11.6 Å². The van der Waals surface area contributed by atoms with Crippen LogP contribution in [0.5, 0.6) is 0 Å². The minimum atomic E-state index is -0.425. The Bertz CT molecular complexity index is 622. The fourth-order valence-electron chi connectivity index (χ4n) is 2.15. The highest BCUT2D eigenvalue weighted by Crippen LogP contribution is 2.13. The van der Waals surface area contributed by atoms with Crippen LogP contribution in [0.4, 0.5) is 0 Å². The van der Waals surface area contributed by atoms with E-state index in [4.69, 9.17) is 11.6 Å². The lowest BCUT2D eigenvalue weighted by atomic mass is 10.0. The van der Waals surface area contributed by atoms with Crippen molar-refractivity contribution in [2.24, 2.45) is 5.92 Å². The first kappa shape index (κ1) is 15.5. The molecule has 2 aromatic carbocycles. The molecule has 1 nitrogen and oxygen atoms in total. The van der Waals surface area contributed by atoms with Gasteiger partial charge in [-0.1, -0.05) is 62.4 Å². The van der Waals surface area contributed by atoms with Gasteiger partial charge in [0.25, 0.3) is 5.24 Å². The van der Waals surface area contributed by atoms with Gasteiger partial charge in [0.2, 0.25) is 0 Å². The second kappa shape index (κ2) is 7.24. The van der Waals surface area contributed by atoms with Gasteiger partial charge in [-0.3, -0.25) is 4.79 Å². The summed E-state index contributed by atoms with van der Waals surface area (Å²) in [6.07, 6.45) is 5.20. The molecular weight excluding hydrogens is 280 g/mol. The van der Waals surface area contributed by atoms with Crippen molar-refractivity contribution in [3.8, 4) is 0 Å². The predicted molar refractivity (Wildman–Crippen MR) is 90.5 cm³/mol. The molecule has 0 N–H and O–H groups in total. The molecule has 0 bridgehead atoms. The molecule has 0 aliphatic heterocycles. The van der Waals surface area contributed by atoms with Gasteiger partial charge in [0.05, 0.1) is 0 Å². The van der Waals surface area contributed by atoms with Crippen LogP contribution in [-0.2, 0) is 6.42 Å². The van der Waals surface area contributed by atoms with Crippen molar-refractivity contribution in [2.45, 2.75) is 20.3 Å². The molecule has 0 aliphatic carbocycles. The van der Waals surface area contributed by atoms with Gasteiger partial charge < -0.3 is 0 Å². The van der Waals surface area contributed by atoms with E-state index >= 15 is 0 Å². The summed E-state index contributed by atoms with van der Waals surface area (Å²) < 4.78 is 0. The average Bonchev–Trinajstić information content (AvgIpc) is 2.46. The number of rotatable bonds is 5. The molecule has 0 atom stereocenters. The highest BCUT2D eigenvalue weighted by Gasteiger charge is 2.00. The zero-order valence-electron chi connectivity index (χ0n) is 12.3. The van der Waals surface area contributed by atoms with Gasteiger partial charge in [0.15, 0.2) is 0 Å². The van der Waals surface area contributed by atoms with E-state index in [0.29, 0.717) is 11.5 Å². The number of hydrogen-bond acceptors (Lipinski definition) is 1. The molecule has 0 saturated carbocycles. The van der Waals surface area contributed by atoms with Crippen LogP contribution in [-0.4, -0.2) is 5.24 Å². The summed E-state index contributed by atoms with van der Waals surface area (Å²) in [4.78, 5) is 11.0. The van der Waals surface area contributed by atoms with Crippen LogP contribution in [0.2, 0.25) is 0 Å². The largest absolute Gasteiger partial charge is 0.276 e. The molecule has 0 saturated heterocycles. The predicted octanol–water partition coefficient (Wildman–Crippen LogP) is 5.43. The third kappa shape index (κ3) is 4.87. The molecule has 0 radical (unpaired) electrons. The third-order valence-electron chi connectivity index (χ3n) is 3.23. The Morgan fingerprint density at radius 3 is 1.86 bits per heavy atom. The van der Waals surface area contributed by atoms with Crippen LogP contribution in [0.3, 0.4) is 0 Å². The Balaban J connectivity index is 2.05. The van der Waals surface area contributed by atoms with Gasteiger partial charge in [-0.2, -0.15) is 0 Å². The molecule has 2 heteroatoms. The molecule has 0 aromatic heterocycles. The molecule has 2 aromatic rings. The summed E-state index contributed by atoms with van der Waals surface area (Å²) in [7, 11) is 0. The van der Waals surface area contributed by atoms with Crippen molar-refractivity contribution in [1.82, 2.24) is 0 Å². The first-order valence-electron chi connectivity index (χ1n) is 7.11. The number of carbonyl (C=O) groups is 1. The average molecular weight is 299 g/mol. The van der Waals surface area contributed by atoms with Gasteiger partial charge in [0.1, 0.15) is 0 Å². The maximum absolute atomic E-state index is 11.0. The second-order valence-electron chi connectivity index (χ2n) is 5.57. The fraction of sp³-hybridized carbons (Fsp3) is 0.211. The monoisotopic (exact) mass is 298 g/mol. The smallest absolute Gasteiger partial charge is 0.252 e. The molecule has 0 unspecified atom stereocenters. The summed E-state index contributed by atoms with van der Waals surface area (Å²) in [5.74, 6) is 0.676. The molecule has 2 rings (SSSR count). The van der Waals surface area contributed by atoms with E-state index in [0.717, 1.165) is 12.0 Å². The lowest BCUT2D eigenvalue weighted by molar-refractivity contribution is 0.108. The Morgan fingerprint density at radius 1 is 0.952 bits per heavy atom. The van der Waals surface area contributed by atoms with Gasteiger partial charge in [-0.25, -0.2) is 0 Å². The van der Waals surface area contributed by atoms with Gasteiger partial charge in [0, 0.05) is 5.56 Å². The highest BCUT2D eigenvalue weighted by molar-refractivity contribution is 6.67. The number of hydrogen-bond donors (Lipinski definition) is 0. The van der Waals surface area contributed by atoms with Gasteiger partial charge >= 0.3 is 0 Å². The first-order valence-corrected chi connectivity index (χ1v) is 7.49. The molecule has 0 spiro atoms. The SMILES string of the molecule is CC(C)Cc1ccc(C=Cc2ccc(C(=O)Cl)cc2)cc1. The first-order chi connectivity index (χ1) is 10.0. The van der Waals surface area contributed by atoms with Crippen molar-refractivity contribution >= 4 is 29.0 Å². The lowest BCUT2D eigenvalue weighted by Gasteiger charge is -2.04. The minimum Gasteiger partial charge on any atom is -0.276 e. The van der Waals surface area contributed by atoms with E-state index in [-0.39, 0.29) is 0 Å². The fourth-order valence-corrected chi connectivity index (χ4v) is 2.28. The summed E-state index contributed by atoms with van der Waals surface area (Å²) in [6.45, 7) is 4.45. The summed E-state index contributed by atoms with van der Waals surface area (Å²) >= 11 is 5.42. The zero-order chi connectivity index (χ0) is 15.2. The minimum absolute atomic E-state index is 0.425. The maximum atomic E-state index is 11.0. The van der Waals surface area contributed by atoms with Crippen molar-refractivity contribution in [1.29, 1.82) is 0 Å². The van der Waals surface area contributed by atoms with E-state index in [9.17, 15) is 4.79 Å². The molecule has 108 valence electrons. The van der Waals surface area contributed by atoms with Gasteiger partial charge in [-0.05, 0) is 52.8 Å². The number of halogens is 1. The molecular formula is C19H19ClO. The lowest BCUT2D eigenvalue weighted by Crippen LogP contribution is -1.93. The van der Waals surface area contributed by atoms with Crippen LogP contribution in [0.25, 0.3) is 12.2 Å². The maximum Gasteiger partial charge on any atom is 0.252 e. The number of benzene rings is 2. The van der Waals surface area contributed by atoms with Crippen molar-refractivity contribution < 1.29 is 4.79 Å². The Morgan fingerprint density at radius 2 is 1.43 bits per heavy atom. The van der Waals surface area contributed by atoms with E-state index in [1.165, 1.54) is 11.1 Å². The summed E-state index contributed by atoms with van der Waals surface area (Å²) in [5.41, 5.74) is 4.10. The van der Waals surface area contributed by atoms with E-state index in [2.05, 4.69) is 44.2 Å². The quantitative estimate of drug-likeness (QED) is 0.531. The Kier molecular flexibility index (Phi) is 5.35. The van der Waals surface area contributed by atoms with E-state index in [1.807, 2.05) is 18.2 Å². The van der Waals surface area contributed by atoms with Crippen molar-refractivity contribution in [3.63, 3.8) is 0 Å². The number of carbonyl (C=O) groups excluding carboxylic acids is 1. The van der Waals surface area contributed by atoms with E-state index < -0.39 is 5.24 Å². The standard InChI is InChI=1S/C19H19ClO/c1-14(2)13-17-7-5-15(6-8-17)3-4-16-9-11-18(12-10-16)19(20)21/h3-12,14H,13H2,1-2H3. The second-order valence-corrected chi connectivity index (χ2v) is 5.91. The van der Waals surface area contributed by atoms with E-state index in [1.54, 1.807) is 12.1 Å². The molecule has 0 aliphatic rings. The Hall–Kier alpha value is -1.86. The third-order valence-corrected chi connectivity index (χ3v) is 3.45. The topological polar surface area (TPSA) is 17.1 Å². The molecule has 0 fully saturated rings. The van der Waals surface area contributed by atoms with Crippen LogP contribution in [0, 0.1) is 5.92 Å². The zero-order valence-corrected chi connectivity index (χ0v) is 13.1. The molecule has 0 heterocycles. The van der Waals surface area contributed by atoms with Crippen LogP contribution in [0.15, 0.2) is 48.5 Å². The molecule has 0 amide bonds. The normalized spacial score (nSPS) is 11.2. The van der Waals surface area contributed by atoms with Gasteiger partial charge in [-0.15, -0.1) is 0 Å². The summed E-state index contributed by atoms with van der Waals surface area (Å²) in [5, 5.41) is -0.425. The highest BCUT2D eigenvalue weighted by atomic mass is 35.5. The molecule has 21 heavy (non-hydrogen) atoms. The van der Waals surface area contributed by atoms with Crippen LogP contribution in [0.1, 0.15) is 40.9 Å². The summed E-state index contributed by atoms with van der Waals surface area (Å²) in [6, 6.07) is 15.9. The van der Waals surface area contributed by atoms with Crippen molar-refractivity contribution in [3.05, 3.63) is 70.8 Å². The van der Waals surface area contributed by atoms with Crippen LogP contribution < -0.4 is 0 Å². The van der Waals surface area contributed by atoms with Crippen molar-refractivity contribution in [2.75, 3.05) is 0 Å². The Labute approximate surface area is 131 Å².